The number of unbranched alkanes of at least 4 members (excludes halogenated alkanes) is 8. The molecular weight excluding hydrogens is 588 g/mol. The highest BCUT2D eigenvalue weighted by molar-refractivity contribution is 5.92. The van der Waals surface area contributed by atoms with Gasteiger partial charge in [0.1, 0.15) is 11.6 Å². The van der Waals surface area contributed by atoms with Crippen LogP contribution in [0.15, 0.2) is 60.7 Å². The first-order valence-electron chi connectivity index (χ1n) is 15.7. The summed E-state index contributed by atoms with van der Waals surface area (Å²) in [7, 11) is 0. The maximum absolute atomic E-state index is 15.4. The number of rotatable bonds is 18. The van der Waals surface area contributed by atoms with Crippen molar-refractivity contribution >= 4 is 11.9 Å². The number of hydrogen-bond donors (Lipinski definition) is 1. The van der Waals surface area contributed by atoms with E-state index in [1.807, 2.05) is 6.92 Å². The summed E-state index contributed by atoms with van der Waals surface area (Å²) in [6.07, 6.45) is 1.93. The second-order valence-electron chi connectivity index (χ2n) is 11.2. The van der Waals surface area contributed by atoms with Crippen LogP contribution in [0.5, 0.6) is 5.75 Å². The lowest BCUT2D eigenvalue weighted by atomic mass is 9.97. The van der Waals surface area contributed by atoms with E-state index in [9.17, 15) is 27.9 Å². The topological polar surface area (TPSA) is 72.8 Å². The van der Waals surface area contributed by atoms with Gasteiger partial charge in [-0.1, -0.05) is 102 Å². The van der Waals surface area contributed by atoms with Crippen molar-refractivity contribution in [1.82, 2.24) is 0 Å². The number of carboxylic acid groups (broad SMARTS) is 1. The highest BCUT2D eigenvalue weighted by Crippen LogP contribution is 2.36. The van der Waals surface area contributed by atoms with Crippen molar-refractivity contribution in [2.24, 2.45) is 0 Å². The van der Waals surface area contributed by atoms with Crippen LogP contribution in [-0.2, 0) is 4.74 Å². The molecule has 0 aromatic heterocycles. The second kappa shape index (κ2) is 17.6. The lowest BCUT2D eigenvalue weighted by molar-refractivity contribution is -0.206. The predicted molar refractivity (Wildman–Crippen MR) is 167 cm³/mol. The summed E-state index contributed by atoms with van der Waals surface area (Å²) in [6, 6.07) is 15.4. The Hall–Kier alpha value is -3.88. The van der Waals surface area contributed by atoms with Crippen LogP contribution >= 0.6 is 0 Å². The molecule has 9 heteroatoms. The van der Waals surface area contributed by atoms with E-state index in [1.165, 1.54) is 30.7 Å². The molecule has 0 saturated heterocycles. The molecule has 0 aliphatic carbocycles. The number of aromatic carboxylic acids is 1. The number of ether oxygens (including phenoxy) is 2. The molecule has 0 aliphatic rings. The van der Waals surface area contributed by atoms with Crippen molar-refractivity contribution in [1.29, 1.82) is 0 Å². The summed E-state index contributed by atoms with van der Waals surface area (Å²) in [4.78, 5) is 24.1. The van der Waals surface area contributed by atoms with E-state index >= 15 is 4.39 Å². The van der Waals surface area contributed by atoms with Crippen LogP contribution < -0.4 is 4.74 Å². The number of hydrogen-bond acceptors (Lipinski definition) is 4. The zero-order chi connectivity index (χ0) is 32.8. The van der Waals surface area contributed by atoms with Crippen LogP contribution in [0.25, 0.3) is 22.3 Å². The van der Waals surface area contributed by atoms with Crippen molar-refractivity contribution in [3.63, 3.8) is 0 Å². The molecule has 0 aliphatic heterocycles. The predicted octanol–water partition coefficient (Wildman–Crippen LogP) is 10.7. The average molecular weight is 631 g/mol. The summed E-state index contributed by atoms with van der Waals surface area (Å²) in [5.41, 5.74) is 1.39. The fraction of sp³-hybridized carbons (Fsp3) is 0.444. The fourth-order valence-corrected chi connectivity index (χ4v) is 5.05. The second-order valence-corrected chi connectivity index (χ2v) is 11.2. The Labute approximate surface area is 262 Å². The Kier molecular flexibility index (Phi) is 13.9. The summed E-state index contributed by atoms with van der Waals surface area (Å²) in [6.45, 7) is 4.49. The smallest absolute Gasteiger partial charge is 0.425 e. The van der Waals surface area contributed by atoms with Gasteiger partial charge in [-0.25, -0.2) is 14.0 Å². The van der Waals surface area contributed by atoms with Crippen molar-refractivity contribution in [2.75, 3.05) is 6.61 Å². The average Bonchev–Trinajstić information content (AvgIpc) is 3.01. The van der Waals surface area contributed by atoms with Crippen molar-refractivity contribution < 1.29 is 41.7 Å². The molecule has 1 atom stereocenters. The molecule has 5 nitrogen and oxygen atoms in total. The maximum atomic E-state index is 15.4. The van der Waals surface area contributed by atoms with Crippen LogP contribution in [0.4, 0.5) is 17.6 Å². The van der Waals surface area contributed by atoms with E-state index in [-0.39, 0.29) is 23.3 Å². The Bertz CT molecular complexity index is 1370. The number of benzene rings is 3. The first kappa shape index (κ1) is 35.6. The van der Waals surface area contributed by atoms with E-state index in [0.29, 0.717) is 36.1 Å². The van der Waals surface area contributed by atoms with Gasteiger partial charge in [0.15, 0.2) is 6.10 Å². The summed E-state index contributed by atoms with van der Waals surface area (Å²) >= 11 is 0. The molecule has 1 unspecified atom stereocenters. The molecule has 0 amide bonds. The van der Waals surface area contributed by atoms with Gasteiger partial charge in [-0.3, -0.25) is 0 Å². The van der Waals surface area contributed by atoms with Gasteiger partial charge in [0.25, 0.3) is 0 Å². The lowest BCUT2D eigenvalue weighted by Gasteiger charge is -2.20. The molecular formula is C36H42F4O5. The van der Waals surface area contributed by atoms with Gasteiger partial charge in [0.05, 0.1) is 23.3 Å². The fourth-order valence-electron chi connectivity index (χ4n) is 5.05. The molecule has 3 rings (SSSR count). The van der Waals surface area contributed by atoms with Crippen LogP contribution in [-0.4, -0.2) is 35.9 Å². The molecule has 0 bridgehead atoms. The van der Waals surface area contributed by atoms with Gasteiger partial charge in [-0.2, -0.15) is 13.2 Å². The molecule has 244 valence electrons. The third-order valence-corrected chi connectivity index (χ3v) is 7.65. The Morgan fingerprint density at radius 2 is 1.27 bits per heavy atom. The van der Waals surface area contributed by atoms with Crippen LogP contribution in [0.3, 0.4) is 0 Å². The van der Waals surface area contributed by atoms with Gasteiger partial charge < -0.3 is 14.6 Å². The SMILES string of the molecule is CCCCCCCCOc1ccc(C(=O)O)c(F)c1-c1ccc(-c2ccc(C(=O)OC(CCCCCC)C(F)(F)F)cc2)cc1. The zero-order valence-corrected chi connectivity index (χ0v) is 25.9. The van der Waals surface area contributed by atoms with Crippen molar-refractivity contribution in [2.45, 2.75) is 96.8 Å². The minimum atomic E-state index is -4.65. The minimum Gasteiger partial charge on any atom is -0.493 e. The number of esters is 1. The normalized spacial score (nSPS) is 12.1. The standard InChI is InChI=1S/C36H42F4O5/c1-3-5-7-9-10-12-24-44-30-23-22-29(34(41)42)33(37)32(30)27-18-14-25(15-19-27)26-16-20-28(21-17-26)35(43)45-31(36(38,39)40)13-11-8-6-4-2/h14-23,31H,3-13,24H2,1-2H3,(H,41,42). The summed E-state index contributed by atoms with van der Waals surface area (Å²) in [5, 5.41) is 9.48. The number of alkyl halides is 3. The molecule has 1 N–H and O–H groups in total. The van der Waals surface area contributed by atoms with E-state index in [2.05, 4.69) is 6.92 Å². The monoisotopic (exact) mass is 630 g/mol. The first-order valence-corrected chi connectivity index (χ1v) is 15.7. The third-order valence-electron chi connectivity index (χ3n) is 7.65. The highest BCUT2D eigenvalue weighted by atomic mass is 19.4. The number of halogens is 4. The Balaban J connectivity index is 1.73. The maximum Gasteiger partial charge on any atom is 0.425 e. The zero-order valence-electron chi connectivity index (χ0n) is 25.9. The largest absolute Gasteiger partial charge is 0.493 e. The number of carbonyl (C=O) groups excluding carboxylic acids is 1. The van der Waals surface area contributed by atoms with Crippen molar-refractivity contribution in [3.05, 3.63) is 77.6 Å². The first-order chi connectivity index (χ1) is 21.6. The molecule has 0 heterocycles. The van der Waals surface area contributed by atoms with Gasteiger partial charge >= 0.3 is 18.1 Å². The summed E-state index contributed by atoms with van der Waals surface area (Å²) < 4.78 is 66.5. The summed E-state index contributed by atoms with van der Waals surface area (Å²) in [5.74, 6) is -3.06. The third kappa shape index (κ3) is 10.6. The van der Waals surface area contributed by atoms with Crippen molar-refractivity contribution in [3.8, 4) is 28.0 Å². The quantitative estimate of drug-likeness (QED) is 0.0860. The van der Waals surface area contributed by atoms with E-state index < -0.39 is 35.6 Å². The molecule has 3 aromatic carbocycles. The molecule has 45 heavy (non-hydrogen) atoms. The number of carbonyl (C=O) groups is 2. The van der Waals surface area contributed by atoms with Gasteiger partial charge in [0, 0.05) is 0 Å². The Morgan fingerprint density at radius 1 is 0.733 bits per heavy atom. The lowest BCUT2D eigenvalue weighted by Crippen LogP contribution is -2.33. The van der Waals surface area contributed by atoms with Crippen LogP contribution in [0, 0.1) is 5.82 Å². The van der Waals surface area contributed by atoms with E-state index in [0.717, 1.165) is 44.9 Å². The van der Waals surface area contributed by atoms with Gasteiger partial charge in [0.2, 0.25) is 0 Å². The van der Waals surface area contributed by atoms with E-state index in [4.69, 9.17) is 9.47 Å². The van der Waals surface area contributed by atoms with Gasteiger partial charge in [-0.05, 0) is 60.2 Å². The van der Waals surface area contributed by atoms with Gasteiger partial charge in [-0.15, -0.1) is 0 Å². The molecule has 0 fully saturated rings. The minimum absolute atomic E-state index is 0.00195. The molecule has 0 spiro atoms. The van der Waals surface area contributed by atoms with E-state index in [1.54, 1.807) is 36.4 Å². The Morgan fingerprint density at radius 3 is 1.84 bits per heavy atom. The van der Waals surface area contributed by atoms with Crippen LogP contribution in [0.1, 0.15) is 105 Å². The number of carboxylic acids is 1. The molecule has 3 aromatic rings. The van der Waals surface area contributed by atoms with Crippen LogP contribution in [0.2, 0.25) is 0 Å². The molecule has 0 saturated carbocycles. The highest BCUT2D eigenvalue weighted by Gasteiger charge is 2.42. The molecule has 0 radical (unpaired) electrons.